The average Bonchev–Trinajstić information content (AvgIpc) is 3.15. The highest BCUT2D eigenvalue weighted by Gasteiger charge is 2.29. The van der Waals surface area contributed by atoms with Crippen molar-refractivity contribution in [1.82, 2.24) is 4.98 Å². The summed E-state index contributed by atoms with van der Waals surface area (Å²) in [6, 6.07) is 25.1. The van der Waals surface area contributed by atoms with E-state index in [2.05, 4.69) is 78.7 Å². The first-order chi connectivity index (χ1) is 12.6. The summed E-state index contributed by atoms with van der Waals surface area (Å²) in [6.45, 7) is 4.93. The fourth-order valence-corrected chi connectivity index (χ4v) is 6.57. The molecule has 130 valence electrons. The van der Waals surface area contributed by atoms with E-state index < -0.39 is 8.07 Å². The van der Waals surface area contributed by atoms with Crippen molar-refractivity contribution in [3.05, 3.63) is 96.5 Å². The van der Waals surface area contributed by atoms with Gasteiger partial charge in [0.25, 0.3) is 0 Å². The molecule has 2 aromatic heterocycles. The number of fused-ring (bicyclic) bond motifs is 1. The first-order valence-electron chi connectivity index (χ1n) is 9.06. The lowest BCUT2D eigenvalue weighted by atomic mass is 9.93. The molecule has 0 aliphatic carbocycles. The third-order valence-electron chi connectivity index (χ3n) is 5.26. The normalized spacial score (nSPS) is 13.0. The summed E-state index contributed by atoms with van der Waals surface area (Å²) in [5.41, 5.74) is 3.63. The van der Waals surface area contributed by atoms with Gasteiger partial charge in [0.2, 0.25) is 0 Å². The number of pyridine rings is 1. The molecule has 0 aliphatic heterocycles. The molecular formula is C23H23NOSi. The summed E-state index contributed by atoms with van der Waals surface area (Å²) < 4.78 is 5.53. The van der Waals surface area contributed by atoms with Gasteiger partial charge in [-0.3, -0.25) is 4.98 Å². The van der Waals surface area contributed by atoms with Crippen molar-refractivity contribution in [3.63, 3.8) is 0 Å². The van der Waals surface area contributed by atoms with E-state index in [4.69, 9.17) is 4.42 Å². The van der Waals surface area contributed by atoms with Crippen molar-refractivity contribution in [1.29, 1.82) is 0 Å². The second kappa shape index (κ2) is 6.93. The van der Waals surface area contributed by atoms with Crippen molar-refractivity contribution in [2.24, 2.45) is 0 Å². The highest BCUT2D eigenvalue weighted by Crippen LogP contribution is 2.34. The molecule has 0 radical (unpaired) electrons. The number of aromatic nitrogens is 1. The summed E-state index contributed by atoms with van der Waals surface area (Å²) in [5.74, 6) is 0.360. The van der Waals surface area contributed by atoms with Crippen LogP contribution in [0, 0.1) is 0 Å². The lowest BCUT2D eigenvalue weighted by Gasteiger charge is -2.29. The Labute approximate surface area is 155 Å². The van der Waals surface area contributed by atoms with Gasteiger partial charge in [-0.2, -0.15) is 0 Å². The van der Waals surface area contributed by atoms with Gasteiger partial charge in [-0.05, 0) is 47.5 Å². The Bertz CT molecular complexity index is 992. The molecule has 0 aliphatic rings. The van der Waals surface area contributed by atoms with Crippen molar-refractivity contribution < 1.29 is 4.42 Å². The van der Waals surface area contributed by atoms with Gasteiger partial charge in [0.05, 0.1) is 14.3 Å². The standard InChI is InChI=1S/C23H23NOSi/c1-26(2,21-6-4-3-5-7-21)17-22(18-10-13-24-14-11-18)19-8-9-23-20(16-19)12-15-25-23/h3-16,22H,17H2,1-2H3. The van der Waals surface area contributed by atoms with E-state index in [1.807, 2.05) is 18.5 Å². The molecule has 0 amide bonds. The first kappa shape index (κ1) is 16.8. The van der Waals surface area contributed by atoms with E-state index in [-0.39, 0.29) is 0 Å². The van der Waals surface area contributed by atoms with Crippen LogP contribution in [0.15, 0.2) is 89.8 Å². The second-order valence-electron chi connectivity index (χ2n) is 7.51. The SMILES string of the molecule is C[Si](C)(CC(c1ccncc1)c1ccc2occc2c1)c1ccccc1. The lowest BCUT2D eigenvalue weighted by Crippen LogP contribution is -2.42. The highest BCUT2D eigenvalue weighted by molar-refractivity contribution is 6.89. The van der Waals surface area contributed by atoms with Gasteiger partial charge >= 0.3 is 0 Å². The number of benzene rings is 2. The van der Waals surface area contributed by atoms with Crippen molar-refractivity contribution in [2.75, 3.05) is 0 Å². The largest absolute Gasteiger partial charge is 0.464 e. The molecule has 2 nitrogen and oxygen atoms in total. The monoisotopic (exact) mass is 357 g/mol. The average molecular weight is 358 g/mol. The maximum atomic E-state index is 5.53. The van der Waals surface area contributed by atoms with Gasteiger partial charge < -0.3 is 4.42 Å². The Kier molecular flexibility index (Phi) is 4.47. The molecule has 0 N–H and O–H groups in total. The van der Waals surface area contributed by atoms with Gasteiger partial charge in [0.15, 0.2) is 0 Å². The molecule has 0 saturated heterocycles. The Hall–Kier alpha value is -2.65. The maximum Gasteiger partial charge on any atom is 0.133 e. The summed E-state index contributed by atoms with van der Waals surface area (Å²) in [7, 11) is -1.60. The Morgan fingerprint density at radius 2 is 1.65 bits per heavy atom. The summed E-state index contributed by atoms with van der Waals surface area (Å²) in [4.78, 5) is 4.21. The first-order valence-corrected chi connectivity index (χ1v) is 12.3. The van der Waals surface area contributed by atoms with Gasteiger partial charge in [0, 0.05) is 23.7 Å². The molecule has 2 heterocycles. The maximum absolute atomic E-state index is 5.53. The molecule has 0 spiro atoms. The summed E-state index contributed by atoms with van der Waals surface area (Å²) >= 11 is 0. The third-order valence-corrected chi connectivity index (χ3v) is 8.58. The van der Waals surface area contributed by atoms with E-state index in [1.165, 1.54) is 21.7 Å². The Balaban J connectivity index is 1.76. The van der Waals surface area contributed by atoms with Crippen LogP contribution in [0.25, 0.3) is 11.0 Å². The molecule has 4 rings (SSSR count). The number of rotatable bonds is 5. The highest BCUT2D eigenvalue weighted by atomic mass is 28.3. The van der Waals surface area contributed by atoms with Crippen LogP contribution in [0.4, 0.5) is 0 Å². The zero-order valence-electron chi connectivity index (χ0n) is 15.2. The summed E-state index contributed by atoms with van der Waals surface area (Å²) in [5, 5.41) is 2.67. The molecule has 2 aromatic carbocycles. The minimum absolute atomic E-state index is 0.360. The second-order valence-corrected chi connectivity index (χ2v) is 12.3. The van der Waals surface area contributed by atoms with Crippen LogP contribution >= 0.6 is 0 Å². The predicted octanol–water partition coefficient (Wildman–Crippen LogP) is 5.58. The van der Waals surface area contributed by atoms with Crippen LogP contribution in [0.5, 0.6) is 0 Å². The fraction of sp³-hybridized carbons (Fsp3) is 0.174. The van der Waals surface area contributed by atoms with Crippen LogP contribution < -0.4 is 5.19 Å². The van der Waals surface area contributed by atoms with E-state index in [0.717, 1.165) is 11.6 Å². The van der Waals surface area contributed by atoms with Crippen LogP contribution in [-0.4, -0.2) is 13.1 Å². The lowest BCUT2D eigenvalue weighted by molar-refractivity contribution is 0.615. The van der Waals surface area contributed by atoms with Gasteiger partial charge in [-0.15, -0.1) is 0 Å². The van der Waals surface area contributed by atoms with Gasteiger partial charge in [0.1, 0.15) is 5.58 Å². The van der Waals surface area contributed by atoms with Crippen molar-refractivity contribution in [3.8, 4) is 0 Å². The van der Waals surface area contributed by atoms with Gasteiger partial charge in [-0.1, -0.05) is 54.7 Å². The predicted molar refractivity (Wildman–Crippen MR) is 111 cm³/mol. The number of furan rings is 1. The molecule has 1 atom stereocenters. The number of nitrogens with zero attached hydrogens (tertiary/aromatic N) is 1. The molecule has 0 bridgehead atoms. The van der Waals surface area contributed by atoms with E-state index >= 15 is 0 Å². The molecule has 0 fully saturated rings. The van der Waals surface area contributed by atoms with Crippen LogP contribution in [0.1, 0.15) is 17.0 Å². The Morgan fingerprint density at radius 1 is 0.885 bits per heavy atom. The summed E-state index contributed by atoms with van der Waals surface area (Å²) in [6.07, 6.45) is 5.56. The number of hydrogen-bond acceptors (Lipinski definition) is 2. The van der Waals surface area contributed by atoms with Gasteiger partial charge in [-0.25, -0.2) is 0 Å². The van der Waals surface area contributed by atoms with Crippen molar-refractivity contribution >= 4 is 24.2 Å². The molecule has 3 heteroatoms. The van der Waals surface area contributed by atoms with Crippen molar-refractivity contribution in [2.45, 2.75) is 25.1 Å². The zero-order chi connectivity index (χ0) is 18.0. The van der Waals surface area contributed by atoms with Crippen LogP contribution in [0.2, 0.25) is 19.1 Å². The minimum Gasteiger partial charge on any atom is -0.464 e. The number of hydrogen-bond donors (Lipinski definition) is 0. The molecular weight excluding hydrogens is 334 g/mol. The smallest absolute Gasteiger partial charge is 0.133 e. The molecule has 0 saturated carbocycles. The molecule has 4 aromatic rings. The quantitative estimate of drug-likeness (QED) is 0.436. The fourth-order valence-electron chi connectivity index (χ4n) is 3.74. The van der Waals surface area contributed by atoms with E-state index in [9.17, 15) is 0 Å². The topological polar surface area (TPSA) is 26.0 Å². The zero-order valence-corrected chi connectivity index (χ0v) is 16.2. The Morgan fingerprint density at radius 3 is 2.42 bits per heavy atom. The third kappa shape index (κ3) is 3.35. The minimum atomic E-state index is -1.60. The van der Waals surface area contributed by atoms with Crippen LogP contribution in [-0.2, 0) is 0 Å². The molecule has 26 heavy (non-hydrogen) atoms. The van der Waals surface area contributed by atoms with Crippen LogP contribution in [0.3, 0.4) is 0 Å². The van der Waals surface area contributed by atoms with E-state index in [0.29, 0.717) is 5.92 Å². The van der Waals surface area contributed by atoms with E-state index in [1.54, 1.807) is 6.26 Å². The molecule has 1 unspecified atom stereocenters.